The molecule has 0 heterocycles. The number of carbonyl (C=O) groups excluding carboxylic acids is 2. The van der Waals surface area contributed by atoms with E-state index in [1.165, 1.54) is 6.21 Å². The van der Waals surface area contributed by atoms with Gasteiger partial charge >= 0.3 is 0 Å². The fourth-order valence-corrected chi connectivity index (χ4v) is 2.06. The van der Waals surface area contributed by atoms with Crippen LogP contribution in [0.4, 0.5) is 0 Å². The van der Waals surface area contributed by atoms with E-state index in [4.69, 9.17) is 16.3 Å². The molecule has 0 spiro atoms. The molecule has 0 unspecified atom stereocenters. The summed E-state index contributed by atoms with van der Waals surface area (Å²) in [5, 5.41) is 6.63. The van der Waals surface area contributed by atoms with E-state index in [1.54, 1.807) is 43.5 Å². The average Bonchev–Trinajstić information content (AvgIpc) is 2.60. The van der Waals surface area contributed by atoms with E-state index < -0.39 is 11.8 Å². The Balaban J connectivity index is 1.82. The summed E-state index contributed by atoms with van der Waals surface area (Å²) in [6.45, 7) is -0.209. The predicted octanol–water partition coefficient (Wildman–Crippen LogP) is 2.23. The van der Waals surface area contributed by atoms with Gasteiger partial charge in [0.15, 0.2) is 0 Å². The zero-order chi connectivity index (χ0) is 17.4. The fourth-order valence-electron chi connectivity index (χ4n) is 1.84. The number of nitrogens with one attached hydrogen (secondary N) is 2. The molecule has 2 aromatic carbocycles. The van der Waals surface area contributed by atoms with Crippen LogP contribution in [0.5, 0.6) is 5.75 Å². The summed E-state index contributed by atoms with van der Waals surface area (Å²) in [6.07, 6.45) is 1.48. The molecule has 2 amide bonds. The molecule has 0 fully saturated rings. The van der Waals surface area contributed by atoms with Gasteiger partial charge in [-0.25, -0.2) is 5.43 Å². The van der Waals surface area contributed by atoms with Gasteiger partial charge in [0.05, 0.1) is 30.5 Å². The molecule has 24 heavy (non-hydrogen) atoms. The molecule has 0 atom stereocenters. The third kappa shape index (κ3) is 5.10. The van der Waals surface area contributed by atoms with Gasteiger partial charge in [0.2, 0.25) is 0 Å². The lowest BCUT2D eigenvalue weighted by Crippen LogP contribution is -2.35. The second-order valence-corrected chi connectivity index (χ2v) is 5.14. The highest BCUT2D eigenvalue weighted by molar-refractivity contribution is 6.33. The first-order valence-corrected chi connectivity index (χ1v) is 7.46. The van der Waals surface area contributed by atoms with Gasteiger partial charge in [0.25, 0.3) is 11.8 Å². The van der Waals surface area contributed by atoms with Crippen molar-refractivity contribution in [2.24, 2.45) is 5.10 Å². The van der Waals surface area contributed by atoms with Gasteiger partial charge in [-0.15, -0.1) is 0 Å². The van der Waals surface area contributed by atoms with Crippen LogP contribution in [0.2, 0.25) is 5.02 Å². The first-order chi connectivity index (χ1) is 11.6. The third-order valence-corrected chi connectivity index (χ3v) is 3.35. The van der Waals surface area contributed by atoms with Crippen molar-refractivity contribution in [2.45, 2.75) is 0 Å². The lowest BCUT2D eigenvalue weighted by Gasteiger charge is -2.05. The Morgan fingerprint density at radius 1 is 1.21 bits per heavy atom. The van der Waals surface area contributed by atoms with Crippen molar-refractivity contribution < 1.29 is 14.3 Å². The minimum Gasteiger partial charge on any atom is -0.497 e. The number of carbonyl (C=O) groups is 2. The van der Waals surface area contributed by atoms with Crippen LogP contribution in [0, 0.1) is 0 Å². The normalized spacial score (nSPS) is 10.4. The number of hydrogen-bond donors (Lipinski definition) is 2. The largest absolute Gasteiger partial charge is 0.497 e. The van der Waals surface area contributed by atoms with E-state index in [2.05, 4.69) is 15.8 Å². The van der Waals surface area contributed by atoms with Crippen LogP contribution in [0.3, 0.4) is 0 Å². The topological polar surface area (TPSA) is 79.8 Å². The number of methoxy groups -OCH3 is 1. The van der Waals surface area contributed by atoms with Crippen LogP contribution in [-0.4, -0.2) is 31.7 Å². The maximum absolute atomic E-state index is 11.9. The summed E-state index contributed by atoms with van der Waals surface area (Å²) < 4.78 is 5.09. The third-order valence-electron chi connectivity index (χ3n) is 3.02. The highest BCUT2D eigenvalue weighted by atomic mass is 35.5. The minimum absolute atomic E-state index is 0.209. The summed E-state index contributed by atoms with van der Waals surface area (Å²) in [6, 6.07) is 13.8. The summed E-state index contributed by atoms with van der Waals surface area (Å²) in [5.74, 6) is -0.181. The minimum atomic E-state index is -0.449. The molecule has 6 nitrogen and oxygen atoms in total. The SMILES string of the molecule is COc1cccc(/C=N\NC(=O)CNC(=O)c2ccccc2Cl)c1. The molecule has 0 radical (unpaired) electrons. The van der Waals surface area contributed by atoms with E-state index in [-0.39, 0.29) is 6.54 Å². The van der Waals surface area contributed by atoms with Crippen LogP contribution >= 0.6 is 11.6 Å². The number of amides is 2. The Hall–Kier alpha value is -2.86. The second-order valence-electron chi connectivity index (χ2n) is 4.73. The number of ether oxygens (including phenoxy) is 1. The molecule has 0 aliphatic heterocycles. The Kier molecular flexibility index (Phi) is 6.33. The lowest BCUT2D eigenvalue weighted by molar-refractivity contribution is -0.120. The van der Waals surface area contributed by atoms with Crippen LogP contribution in [0.25, 0.3) is 0 Å². The zero-order valence-corrected chi connectivity index (χ0v) is 13.7. The van der Waals surface area contributed by atoms with E-state index in [0.29, 0.717) is 16.3 Å². The zero-order valence-electron chi connectivity index (χ0n) is 13.0. The fraction of sp³-hybridized carbons (Fsp3) is 0.118. The number of benzene rings is 2. The van der Waals surface area contributed by atoms with Crippen molar-refractivity contribution in [1.82, 2.24) is 10.7 Å². The highest BCUT2D eigenvalue weighted by Gasteiger charge is 2.10. The first-order valence-electron chi connectivity index (χ1n) is 7.09. The van der Waals surface area contributed by atoms with Gasteiger partial charge in [0, 0.05) is 0 Å². The predicted molar refractivity (Wildman–Crippen MR) is 92.5 cm³/mol. The van der Waals surface area contributed by atoms with E-state index in [0.717, 1.165) is 5.56 Å². The van der Waals surface area contributed by atoms with Gasteiger partial charge in [-0.3, -0.25) is 9.59 Å². The summed E-state index contributed by atoms with van der Waals surface area (Å²) in [5.41, 5.74) is 3.42. The summed E-state index contributed by atoms with van der Waals surface area (Å²) in [4.78, 5) is 23.6. The van der Waals surface area contributed by atoms with E-state index in [9.17, 15) is 9.59 Å². The van der Waals surface area contributed by atoms with Crippen LogP contribution in [-0.2, 0) is 4.79 Å². The van der Waals surface area contributed by atoms with Gasteiger partial charge in [0.1, 0.15) is 5.75 Å². The van der Waals surface area contributed by atoms with Crippen LogP contribution < -0.4 is 15.5 Å². The quantitative estimate of drug-likeness (QED) is 0.622. The number of hydrogen-bond acceptors (Lipinski definition) is 4. The summed E-state index contributed by atoms with van der Waals surface area (Å²) in [7, 11) is 1.57. The van der Waals surface area contributed by atoms with Gasteiger partial charge in [-0.05, 0) is 29.8 Å². The smallest absolute Gasteiger partial charge is 0.259 e. The molecule has 0 saturated carbocycles. The van der Waals surface area contributed by atoms with Crippen molar-refractivity contribution in [3.05, 3.63) is 64.7 Å². The Morgan fingerprint density at radius 3 is 2.75 bits per heavy atom. The Labute approximate surface area is 144 Å². The molecular formula is C17H16ClN3O3. The van der Waals surface area contributed by atoms with Crippen LogP contribution in [0.15, 0.2) is 53.6 Å². The van der Waals surface area contributed by atoms with Gasteiger partial charge in [-0.1, -0.05) is 35.9 Å². The summed E-state index contributed by atoms with van der Waals surface area (Å²) >= 11 is 5.92. The molecular weight excluding hydrogens is 330 g/mol. The van der Waals surface area contributed by atoms with Gasteiger partial charge in [-0.2, -0.15) is 5.10 Å². The Bertz CT molecular complexity index is 762. The van der Waals surface area contributed by atoms with E-state index in [1.807, 2.05) is 12.1 Å². The Morgan fingerprint density at radius 2 is 2.00 bits per heavy atom. The molecule has 124 valence electrons. The molecule has 0 saturated heterocycles. The number of halogens is 1. The van der Waals surface area contributed by atoms with Crippen molar-refractivity contribution in [2.75, 3.05) is 13.7 Å². The molecule has 0 aromatic heterocycles. The van der Waals surface area contributed by atoms with Crippen molar-refractivity contribution >= 4 is 29.6 Å². The van der Waals surface area contributed by atoms with Gasteiger partial charge < -0.3 is 10.1 Å². The van der Waals surface area contributed by atoms with Crippen LogP contribution in [0.1, 0.15) is 15.9 Å². The number of hydrazone groups is 1. The lowest BCUT2D eigenvalue weighted by atomic mass is 10.2. The molecule has 2 N–H and O–H groups in total. The molecule has 0 aliphatic carbocycles. The molecule has 2 rings (SSSR count). The number of nitrogens with zero attached hydrogens (tertiary/aromatic N) is 1. The maximum atomic E-state index is 11.9. The van der Waals surface area contributed by atoms with E-state index >= 15 is 0 Å². The molecule has 0 bridgehead atoms. The number of rotatable bonds is 6. The standard InChI is InChI=1S/C17H16ClN3O3/c1-24-13-6-4-5-12(9-13)10-20-21-16(22)11-19-17(23)14-7-2-3-8-15(14)18/h2-10H,11H2,1H3,(H,19,23)(H,21,22)/b20-10-. The molecule has 2 aromatic rings. The molecule has 7 heteroatoms. The first kappa shape index (κ1) is 17.5. The van der Waals surface area contributed by atoms with Crippen molar-refractivity contribution in [1.29, 1.82) is 0 Å². The van der Waals surface area contributed by atoms with Crippen molar-refractivity contribution in [3.8, 4) is 5.75 Å². The second kappa shape index (κ2) is 8.69. The molecule has 0 aliphatic rings. The average molecular weight is 346 g/mol. The maximum Gasteiger partial charge on any atom is 0.259 e. The van der Waals surface area contributed by atoms with Crippen molar-refractivity contribution in [3.63, 3.8) is 0 Å². The highest BCUT2D eigenvalue weighted by Crippen LogP contribution is 2.14. The monoisotopic (exact) mass is 345 g/mol.